The summed E-state index contributed by atoms with van der Waals surface area (Å²) in [6, 6.07) is 3.60. The van der Waals surface area contributed by atoms with Gasteiger partial charge in [0.15, 0.2) is 5.17 Å². The largest absolute Gasteiger partial charge is 0.465 e. The predicted octanol–water partition coefficient (Wildman–Crippen LogP) is 1.51. The summed E-state index contributed by atoms with van der Waals surface area (Å²) in [5, 5.41) is 0.746. The van der Waals surface area contributed by atoms with Crippen molar-refractivity contribution in [2.45, 2.75) is 0 Å². The summed E-state index contributed by atoms with van der Waals surface area (Å²) < 4.78 is 10.6. The number of morpholine rings is 1. The molecule has 0 aliphatic carbocycles. The Morgan fingerprint density at radius 3 is 2.86 bits per heavy atom. The van der Waals surface area contributed by atoms with Crippen LogP contribution in [0.1, 0.15) is 5.76 Å². The van der Waals surface area contributed by atoms with Gasteiger partial charge in [-0.15, -0.1) is 0 Å². The SMILES string of the molecule is CSC1=N/C(=C\c2ccco2)C(=O)N1CCN1CCOCC1. The lowest BCUT2D eigenvalue weighted by Crippen LogP contribution is -2.43. The fourth-order valence-corrected chi connectivity index (χ4v) is 3.04. The van der Waals surface area contributed by atoms with Crippen LogP contribution in [0, 0.1) is 0 Å². The first kappa shape index (κ1) is 15.3. The van der Waals surface area contributed by atoms with Crippen LogP contribution >= 0.6 is 11.8 Å². The molecular formula is C15H19N3O3S. The smallest absolute Gasteiger partial charge is 0.278 e. The molecule has 2 aliphatic rings. The van der Waals surface area contributed by atoms with Gasteiger partial charge in [0, 0.05) is 32.3 Å². The van der Waals surface area contributed by atoms with Gasteiger partial charge in [-0.25, -0.2) is 4.99 Å². The highest BCUT2D eigenvalue weighted by molar-refractivity contribution is 8.13. The van der Waals surface area contributed by atoms with Gasteiger partial charge in [0.05, 0.1) is 19.5 Å². The average Bonchev–Trinajstić information content (AvgIpc) is 3.16. The minimum absolute atomic E-state index is 0.0611. The lowest BCUT2D eigenvalue weighted by molar-refractivity contribution is -0.122. The van der Waals surface area contributed by atoms with E-state index in [-0.39, 0.29) is 5.91 Å². The van der Waals surface area contributed by atoms with Gasteiger partial charge < -0.3 is 9.15 Å². The number of ether oxygens (including phenoxy) is 1. The molecule has 1 fully saturated rings. The second-order valence-corrected chi connectivity index (χ2v) is 5.83. The van der Waals surface area contributed by atoms with E-state index in [0.29, 0.717) is 18.0 Å². The molecule has 0 aromatic carbocycles. The molecule has 0 unspecified atom stereocenters. The minimum atomic E-state index is -0.0611. The number of thioether (sulfide) groups is 1. The Morgan fingerprint density at radius 1 is 1.36 bits per heavy atom. The first-order chi connectivity index (χ1) is 10.8. The summed E-state index contributed by atoms with van der Waals surface area (Å²) in [5.74, 6) is 0.580. The van der Waals surface area contributed by atoms with E-state index in [0.717, 1.165) is 38.0 Å². The Hall–Kier alpha value is -1.57. The van der Waals surface area contributed by atoms with Crippen LogP contribution < -0.4 is 0 Å². The van der Waals surface area contributed by atoms with Crippen LogP contribution in [0.3, 0.4) is 0 Å². The fourth-order valence-electron chi connectivity index (χ4n) is 2.46. The van der Waals surface area contributed by atoms with Gasteiger partial charge in [-0.2, -0.15) is 0 Å². The number of amides is 1. The first-order valence-corrected chi connectivity index (χ1v) is 8.50. The number of hydrogen-bond acceptors (Lipinski definition) is 6. The van der Waals surface area contributed by atoms with Crippen molar-refractivity contribution in [3.05, 3.63) is 29.9 Å². The van der Waals surface area contributed by atoms with Crippen molar-refractivity contribution in [1.29, 1.82) is 0 Å². The van der Waals surface area contributed by atoms with Gasteiger partial charge in [-0.3, -0.25) is 14.6 Å². The maximum absolute atomic E-state index is 12.5. The maximum atomic E-state index is 12.5. The molecule has 3 heterocycles. The average molecular weight is 321 g/mol. The van der Waals surface area contributed by atoms with Crippen molar-refractivity contribution in [2.75, 3.05) is 45.6 Å². The Bertz CT molecular complexity index is 577. The molecule has 118 valence electrons. The zero-order valence-electron chi connectivity index (χ0n) is 12.5. The number of hydrogen-bond donors (Lipinski definition) is 0. The van der Waals surface area contributed by atoms with Crippen LogP contribution in [-0.4, -0.2) is 66.5 Å². The highest BCUT2D eigenvalue weighted by atomic mass is 32.2. The Morgan fingerprint density at radius 2 is 2.18 bits per heavy atom. The second-order valence-electron chi connectivity index (χ2n) is 5.05. The maximum Gasteiger partial charge on any atom is 0.278 e. The third-order valence-corrected chi connectivity index (χ3v) is 4.34. The molecule has 1 saturated heterocycles. The number of nitrogens with zero attached hydrogens (tertiary/aromatic N) is 3. The lowest BCUT2D eigenvalue weighted by Gasteiger charge is -2.28. The standard InChI is InChI=1S/C15H19N3O3S/c1-22-15-16-13(11-12-3-2-8-21-12)14(19)18(15)5-4-17-6-9-20-10-7-17/h2-3,8,11H,4-7,9-10H2,1H3/b13-11-. The van der Waals surface area contributed by atoms with Crippen LogP contribution in [-0.2, 0) is 9.53 Å². The summed E-state index contributed by atoms with van der Waals surface area (Å²) in [4.78, 5) is 21.0. The van der Waals surface area contributed by atoms with Crippen LogP contribution in [0.15, 0.2) is 33.5 Å². The summed E-state index contributed by atoms with van der Waals surface area (Å²) in [7, 11) is 0. The van der Waals surface area contributed by atoms with Crippen molar-refractivity contribution in [2.24, 2.45) is 4.99 Å². The number of carbonyl (C=O) groups excluding carboxylic acids is 1. The van der Waals surface area contributed by atoms with E-state index < -0.39 is 0 Å². The summed E-state index contributed by atoms with van der Waals surface area (Å²) in [5.41, 5.74) is 0.432. The topological polar surface area (TPSA) is 58.3 Å². The molecular weight excluding hydrogens is 302 g/mol. The Balaban J connectivity index is 1.66. The monoisotopic (exact) mass is 321 g/mol. The number of amidine groups is 1. The number of furan rings is 1. The van der Waals surface area contributed by atoms with E-state index in [1.165, 1.54) is 11.8 Å². The molecule has 1 amide bonds. The van der Waals surface area contributed by atoms with E-state index >= 15 is 0 Å². The van der Waals surface area contributed by atoms with Crippen molar-refractivity contribution in [3.8, 4) is 0 Å². The van der Waals surface area contributed by atoms with E-state index in [1.54, 1.807) is 23.3 Å². The van der Waals surface area contributed by atoms with Gasteiger partial charge in [0.2, 0.25) is 0 Å². The van der Waals surface area contributed by atoms with Gasteiger partial charge in [-0.1, -0.05) is 11.8 Å². The molecule has 6 nitrogen and oxygen atoms in total. The van der Waals surface area contributed by atoms with Gasteiger partial charge >= 0.3 is 0 Å². The van der Waals surface area contributed by atoms with Crippen molar-refractivity contribution < 1.29 is 13.9 Å². The van der Waals surface area contributed by atoms with Crippen LogP contribution in [0.4, 0.5) is 0 Å². The zero-order chi connectivity index (χ0) is 15.4. The molecule has 0 bridgehead atoms. The highest BCUT2D eigenvalue weighted by Gasteiger charge is 2.30. The zero-order valence-corrected chi connectivity index (χ0v) is 13.3. The predicted molar refractivity (Wildman–Crippen MR) is 86.6 cm³/mol. The molecule has 0 radical (unpaired) electrons. The molecule has 7 heteroatoms. The van der Waals surface area contributed by atoms with Gasteiger partial charge in [-0.05, 0) is 18.4 Å². The van der Waals surface area contributed by atoms with Gasteiger partial charge in [0.1, 0.15) is 11.5 Å². The number of rotatable bonds is 4. The lowest BCUT2D eigenvalue weighted by atomic mass is 10.3. The fraction of sp³-hybridized carbons (Fsp3) is 0.467. The summed E-state index contributed by atoms with van der Waals surface area (Å²) in [6.45, 7) is 4.85. The first-order valence-electron chi connectivity index (χ1n) is 7.28. The Labute approximate surface area is 133 Å². The van der Waals surface area contributed by atoms with Crippen molar-refractivity contribution in [3.63, 3.8) is 0 Å². The molecule has 1 aromatic heterocycles. The van der Waals surface area contributed by atoms with E-state index in [4.69, 9.17) is 9.15 Å². The van der Waals surface area contributed by atoms with Crippen LogP contribution in [0.5, 0.6) is 0 Å². The molecule has 3 rings (SSSR count). The van der Waals surface area contributed by atoms with E-state index in [9.17, 15) is 4.79 Å². The minimum Gasteiger partial charge on any atom is -0.465 e. The van der Waals surface area contributed by atoms with Crippen LogP contribution in [0.2, 0.25) is 0 Å². The molecule has 0 saturated carbocycles. The quantitative estimate of drug-likeness (QED) is 0.787. The normalized spacial score (nSPS) is 21.7. The molecule has 2 aliphatic heterocycles. The molecule has 1 aromatic rings. The summed E-state index contributed by atoms with van der Waals surface area (Å²) >= 11 is 1.49. The molecule has 22 heavy (non-hydrogen) atoms. The summed E-state index contributed by atoms with van der Waals surface area (Å²) in [6.07, 6.45) is 5.21. The Kier molecular flexibility index (Phi) is 4.97. The van der Waals surface area contributed by atoms with Crippen molar-refractivity contribution >= 4 is 28.9 Å². The number of carbonyl (C=O) groups is 1. The number of aliphatic imine (C=N–C) groups is 1. The van der Waals surface area contributed by atoms with E-state index in [1.807, 2.05) is 12.3 Å². The highest BCUT2D eigenvalue weighted by Crippen LogP contribution is 2.22. The third kappa shape index (κ3) is 3.43. The molecule has 0 atom stereocenters. The van der Waals surface area contributed by atoms with E-state index in [2.05, 4.69) is 9.89 Å². The third-order valence-electron chi connectivity index (χ3n) is 3.66. The van der Waals surface area contributed by atoms with Crippen LogP contribution in [0.25, 0.3) is 6.08 Å². The van der Waals surface area contributed by atoms with Gasteiger partial charge in [0.25, 0.3) is 5.91 Å². The molecule has 0 spiro atoms. The second kappa shape index (κ2) is 7.13. The molecule has 0 N–H and O–H groups in total. The van der Waals surface area contributed by atoms with Crippen molar-refractivity contribution in [1.82, 2.24) is 9.80 Å².